The molecule has 0 heterocycles. The molecule has 0 radical (unpaired) electrons. The number of alkyl halides is 1. The molecule has 0 aliphatic rings. The smallest absolute Gasteiger partial charge is 0.124 e. The van der Waals surface area contributed by atoms with Gasteiger partial charge in [0.1, 0.15) is 5.82 Å². The van der Waals surface area contributed by atoms with Crippen LogP contribution in [-0.4, -0.2) is 10.5 Å². The Kier molecular flexibility index (Phi) is 6.00. The SMILES string of the molecule is CC(C)C(CI)NCc1ccc(F)cc1Cl. The molecular weight excluding hydrogens is 339 g/mol. The normalized spacial score (nSPS) is 13.1. The van der Waals surface area contributed by atoms with Crippen LogP contribution in [0.15, 0.2) is 18.2 Å². The van der Waals surface area contributed by atoms with Crippen molar-refractivity contribution in [1.29, 1.82) is 0 Å². The average Bonchev–Trinajstić information content (AvgIpc) is 2.21. The first-order chi connectivity index (χ1) is 7.54. The van der Waals surface area contributed by atoms with E-state index in [2.05, 4.69) is 41.8 Å². The zero-order valence-corrected chi connectivity index (χ0v) is 12.3. The highest BCUT2D eigenvalue weighted by Gasteiger charge is 2.11. The van der Waals surface area contributed by atoms with Crippen molar-refractivity contribution in [2.45, 2.75) is 26.4 Å². The molecule has 1 aromatic carbocycles. The fourth-order valence-corrected chi connectivity index (χ4v) is 2.94. The van der Waals surface area contributed by atoms with Crippen molar-refractivity contribution in [1.82, 2.24) is 5.32 Å². The summed E-state index contributed by atoms with van der Waals surface area (Å²) in [5.41, 5.74) is 0.943. The zero-order chi connectivity index (χ0) is 12.1. The Balaban J connectivity index is 2.60. The lowest BCUT2D eigenvalue weighted by atomic mass is 10.1. The Morgan fingerprint density at radius 2 is 2.12 bits per heavy atom. The molecule has 0 spiro atoms. The third-order valence-corrected chi connectivity index (χ3v) is 3.84. The third kappa shape index (κ3) is 4.18. The summed E-state index contributed by atoms with van der Waals surface area (Å²) in [6.45, 7) is 5.05. The highest BCUT2D eigenvalue weighted by Crippen LogP contribution is 2.17. The molecule has 0 amide bonds. The number of benzene rings is 1. The van der Waals surface area contributed by atoms with Gasteiger partial charge in [0.15, 0.2) is 0 Å². The Hall–Kier alpha value is 0.130. The topological polar surface area (TPSA) is 12.0 Å². The summed E-state index contributed by atoms with van der Waals surface area (Å²) < 4.78 is 13.9. The molecule has 0 saturated carbocycles. The summed E-state index contributed by atoms with van der Waals surface area (Å²) >= 11 is 8.32. The molecule has 0 saturated heterocycles. The van der Waals surface area contributed by atoms with Crippen molar-refractivity contribution in [2.24, 2.45) is 5.92 Å². The van der Waals surface area contributed by atoms with Crippen molar-refractivity contribution >= 4 is 34.2 Å². The van der Waals surface area contributed by atoms with Gasteiger partial charge >= 0.3 is 0 Å². The number of hydrogen-bond acceptors (Lipinski definition) is 1. The molecule has 0 fully saturated rings. The predicted molar refractivity (Wildman–Crippen MR) is 75.8 cm³/mol. The van der Waals surface area contributed by atoms with E-state index < -0.39 is 0 Å². The second-order valence-corrected chi connectivity index (χ2v) is 5.41. The Bertz CT molecular complexity index is 344. The molecule has 1 nitrogen and oxygen atoms in total. The molecule has 1 aromatic rings. The van der Waals surface area contributed by atoms with E-state index in [4.69, 9.17) is 11.6 Å². The summed E-state index contributed by atoms with van der Waals surface area (Å²) in [6, 6.07) is 4.99. The van der Waals surface area contributed by atoms with Crippen LogP contribution in [0.3, 0.4) is 0 Å². The van der Waals surface area contributed by atoms with Gasteiger partial charge in [0.2, 0.25) is 0 Å². The van der Waals surface area contributed by atoms with Gasteiger partial charge in [0.05, 0.1) is 0 Å². The lowest BCUT2D eigenvalue weighted by Crippen LogP contribution is -2.34. The number of rotatable bonds is 5. The van der Waals surface area contributed by atoms with Gasteiger partial charge in [-0.25, -0.2) is 4.39 Å². The lowest BCUT2D eigenvalue weighted by molar-refractivity contribution is 0.436. The minimum Gasteiger partial charge on any atom is -0.309 e. The largest absolute Gasteiger partial charge is 0.309 e. The van der Waals surface area contributed by atoms with E-state index in [1.807, 2.05) is 0 Å². The van der Waals surface area contributed by atoms with Gasteiger partial charge in [-0.05, 0) is 23.6 Å². The minimum atomic E-state index is -0.289. The predicted octanol–water partition coefficient (Wildman–Crippen LogP) is 4.03. The fraction of sp³-hybridized carbons (Fsp3) is 0.500. The summed E-state index contributed by atoms with van der Waals surface area (Å²) in [7, 11) is 0. The summed E-state index contributed by atoms with van der Waals surface area (Å²) in [6.07, 6.45) is 0. The van der Waals surface area contributed by atoms with Gasteiger partial charge in [0.25, 0.3) is 0 Å². The molecule has 1 unspecified atom stereocenters. The average molecular weight is 356 g/mol. The Labute approximate surface area is 115 Å². The molecule has 4 heteroatoms. The molecule has 0 aliphatic carbocycles. The Morgan fingerprint density at radius 1 is 1.44 bits per heavy atom. The van der Waals surface area contributed by atoms with Crippen LogP contribution >= 0.6 is 34.2 Å². The fourth-order valence-electron chi connectivity index (χ4n) is 1.37. The molecule has 0 aromatic heterocycles. The van der Waals surface area contributed by atoms with Crippen LogP contribution in [0, 0.1) is 11.7 Å². The first kappa shape index (κ1) is 14.2. The van der Waals surface area contributed by atoms with Gasteiger partial charge < -0.3 is 5.32 Å². The number of hydrogen-bond donors (Lipinski definition) is 1. The molecule has 1 N–H and O–H groups in total. The van der Waals surface area contributed by atoms with Crippen molar-refractivity contribution in [3.05, 3.63) is 34.6 Å². The molecular formula is C12H16ClFIN. The van der Waals surface area contributed by atoms with Crippen LogP contribution in [0.4, 0.5) is 4.39 Å². The van der Waals surface area contributed by atoms with Gasteiger partial charge in [-0.1, -0.05) is 54.1 Å². The van der Waals surface area contributed by atoms with E-state index in [-0.39, 0.29) is 5.82 Å². The minimum absolute atomic E-state index is 0.289. The monoisotopic (exact) mass is 355 g/mol. The summed E-state index contributed by atoms with van der Waals surface area (Å²) in [5, 5.41) is 3.92. The first-order valence-electron chi connectivity index (χ1n) is 5.28. The Morgan fingerprint density at radius 3 is 2.62 bits per heavy atom. The van der Waals surface area contributed by atoms with E-state index in [1.54, 1.807) is 6.07 Å². The third-order valence-electron chi connectivity index (χ3n) is 2.54. The van der Waals surface area contributed by atoms with Crippen LogP contribution in [0.1, 0.15) is 19.4 Å². The molecule has 16 heavy (non-hydrogen) atoms. The highest BCUT2D eigenvalue weighted by atomic mass is 127. The van der Waals surface area contributed by atoms with Gasteiger partial charge in [-0.2, -0.15) is 0 Å². The van der Waals surface area contributed by atoms with Gasteiger partial charge in [-0.3, -0.25) is 0 Å². The van der Waals surface area contributed by atoms with Gasteiger partial charge in [0, 0.05) is 22.0 Å². The highest BCUT2D eigenvalue weighted by molar-refractivity contribution is 14.1. The lowest BCUT2D eigenvalue weighted by Gasteiger charge is -2.20. The van der Waals surface area contributed by atoms with E-state index >= 15 is 0 Å². The molecule has 0 bridgehead atoms. The van der Waals surface area contributed by atoms with Crippen molar-refractivity contribution < 1.29 is 4.39 Å². The van der Waals surface area contributed by atoms with Crippen molar-refractivity contribution in [3.63, 3.8) is 0 Å². The number of halogens is 3. The maximum absolute atomic E-state index is 12.8. The van der Waals surface area contributed by atoms with E-state index in [1.165, 1.54) is 12.1 Å². The molecule has 1 rings (SSSR count). The standard InChI is InChI=1S/C12H16ClFIN/c1-8(2)12(6-15)16-7-9-3-4-10(14)5-11(9)13/h3-5,8,12,16H,6-7H2,1-2H3. The van der Waals surface area contributed by atoms with Crippen LogP contribution < -0.4 is 5.32 Å². The van der Waals surface area contributed by atoms with E-state index in [0.717, 1.165) is 9.99 Å². The summed E-state index contributed by atoms with van der Waals surface area (Å²) in [4.78, 5) is 0. The maximum atomic E-state index is 12.8. The molecule has 1 atom stereocenters. The van der Waals surface area contributed by atoms with Crippen molar-refractivity contribution in [3.8, 4) is 0 Å². The maximum Gasteiger partial charge on any atom is 0.124 e. The first-order valence-corrected chi connectivity index (χ1v) is 7.18. The van der Waals surface area contributed by atoms with E-state index in [0.29, 0.717) is 23.5 Å². The van der Waals surface area contributed by atoms with Crippen LogP contribution in [0.5, 0.6) is 0 Å². The second kappa shape index (κ2) is 6.77. The van der Waals surface area contributed by atoms with Gasteiger partial charge in [-0.15, -0.1) is 0 Å². The van der Waals surface area contributed by atoms with Crippen LogP contribution in [0.2, 0.25) is 5.02 Å². The second-order valence-electron chi connectivity index (χ2n) is 4.12. The summed E-state index contributed by atoms with van der Waals surface area (Å²) in [5.74, 6) is 0.291. The molecule has 90 valence electrons. The van der Waals surface area contributed by atoms with Crippen molar-refractivity contribution in [2.75, 3.05) is 4.43 Å². The van der Waals surface area contributed by atoms with Crippen LogP contribution in [0.25, 0.3) is 0 Å². The zero-order valence-electron chi connectivity index (χ0n) is 9.43. The quantitative estimate of drug-likeness (QED) is 0.621. The van der Waals surface area contributed by atoms with Crippen LogP contribution in [-0.2, 0) is 6.54 Å². The molecule has 0 aliphatic heterocycles. The number of nitrogens with one attached hydrogen (secondary N) is 1. The van der Waals surface area contributed by atoms with E-state index in [9.17, 15) is 4.39 Å².